The van der Waals surface area contributed by atoms with E-state index in [1.54, 1.807) is 6.20 Å². The molecule has 0 radical (unpaired) electrons. The van der Waals surface area contributed by atoms with E-state index >= 15 is 0 Å². The highest BCUT2D eigenvalue weighted by Crippen LogP contribution is 2.36. The Labute approximate surface area is 180 Å². The Morgan fingerprint density at radius 2 is 1.81 bits per heavy atom. The highest BCUT2D eigenvalue weighted by atomic mass is 19.1. The van der Waals surface area contributed by atoms with Gasteiger partial charge in [0.25, 0.3) is 0 Å². The molecular formula is C23H28F2N6. The quantitative estimate of drug-likeness (QED) is 0.598. The number of hydrogen-bond acceptors (Lipinski definition) is 5. The summed E-state index contributed by atoms with van der Waals surface area (Å²) in [5.74, 6) is 0.666. The fourth-order valence-corrected chi connectivity index (χ4v) is 4.98. The predicted octanol–water partition coefficient (Wildman–Crippen LogP) is 5.02. The van der Waals surface area contributed by atoms with E-state index in [0.717, 1.165) is 75.3 Å². The molecule has 1 aromatic carbocycles. The Kier molecular flexibility index (Phi) is 5.56. The van der Waals surface area contributed by atoms with Crippen LogP contribution >= 0.6 is 0 Å². The first kappa shape index (κ1) is 20.3. The first-order valence-corrected chi connectivity index (χ1v) is 11.3. The lowest BCUT2D eigenvalue weighted by atomic mass is 9.84. The number of anilines is 2. The minimum Gasteiger partial charge on any atom is -0.328 e. The molecular weight excluding hydrogens is 398 g/mol. The summed E-state index contributed by atoms with van der Waals surface area (Å²) in [7, 11) is 0. The third-order valence-electron chi connectivity index (χ3n) is 6.71. The van der Waals surface area contributed by atoms with Crippen LogP contribution < -0.4 is 11.1 Å². The monoisotopic (exact) mass is 426 g/mol. The molecule has 2 aliphatic carbocycles. The van der Waals surface area contributed by atoms with Gasteiger partial charge in [-0.3, -0.25) is 4.57 Å². The van der Waals surface area contributed by atoms with Crippen LogP contribution in [0.1, 0.15) is 63.2 Å². The summed E-state index contributed by atoms with van der Waals surface area (Å²) < 4.78 is 29.7. The van der Waals surface area contributed by atoms with Crippen molar-refractivity contribution in [3.05, 3.63) is 41.9 Å². The Morgan fingerprint density at radius 1 is 1.03 bits per heavy atom. The summed E-state index contributed by atoms with van der Waals surface area (Å²) in [6, 6.07) is 4.09. The average molecular weight is 427 g/mol. The Morgan fingerprint density at radius 3 is 2.55 bits per heavy atom. The van der Waals surface area contributed by atoms with Gasteiger partial charge >= 0.3 is 0 Å². The van der Waals surface area contributed by atoms with Gasteiger partial charge in [0, 0.05) is 24.6 Å². The number of rotatable bonds is 5. The average Bonchev–Trinajstić information content (AvgIpc) is 3.39. The van der Waals surface area contributed by atoms with E-state index in [-0.39, 0.29) is 11.7 Å². The second-order valence-corrected chi connectivity index (χ2v) is 8.97. The van der Waals surface area contributed by atoms with Crippen molar-refractivity contribution in [3.63, 3.8) is 0 Å². The van der Waals surface area contributed by atoms with Gasteiger partial charge in [0.2, 0.25) is 5.95 Å². The standard InChI is InChI=1S/C23H28F2N6/c24-15-7-10-19(18(25)12-15)28-23-29-20-13-27-21(11-14-5-8-16(26)9-6-14)30-22(20)31(23)17-3-1-2-4-17/h7,10,12-14,16-17H,1-6,8-9,11,26H2,(H,28,29). The lowest BCUT2D eigenvalue weighted by Gasteiger charge is -2.25. The normalized spacial score (nSPS) is 22.3. The Bertz CT molecular complexity index is 1070. The zero-order chi connectivity index (χ0) is 21.4. The highest BCUT2D eigenvalue weighted by Gasteiger charge is 2.25. The molecule has 164 valence electrons. The summed E-state index contributed by atoms with van der Waals surface area (Å²) in [4.78, 5) is 14.1. The van der Waals surface area contributed by atoms with Crippen LogP contribution in [0.3, 0.4) is 0 Å². The van der Waals surface area contributed by atoms with Gasteiger partial charge < -0.3 is 11.1 Å². The molecule has 2 fully saturated rings. The molecule has 5 rings (SSSR count). The van der Waals surface area contributed by atoms with E-state index < -0.39 is 11.6 Å². The van der Waals surface area contributed by atoms with Crippen LogP contribution in [0.5, 0.6) is 0 Å². The number of benzene rings is 1. The fourth-order valence-electron chi connectivity index (χ4n) is 4.98. The van der Waals surface area contributed by atoms with Crippen molar-refractivity contribution in [2.45, 2.75) is 69.9 Å². The van der Waals surface area contributed by atoms with Gasteiger partial charge in [-0.2, -0.15) is 0 Å². The second kappa shape index (κ2) is 8.49. The van der Waals surface area contributed by atoms with Gasteiger partial charge in [-0.05, 0) is 56.6 Å². The number of nitrogens with zero attached hydrogens (tertiary/aromatic N) is 4. The van der Waals surface area contributed by atoms with E-state index in [9.17, 15) is 8.78 Å². The maximum absolute atomic E-state index is 14.3. The van der Waals surface area contributed by atoms with Crippen molar-refractivity contribution in [2.75, 3.05) is 5.32 Å². The molecule has 0 saturated heterocycles. The molecule has 0 amide bonds. The van der Waals surface area contributed by atoms with Crippen LogP contribution in [0.15, 0.2) is 24.4 Å². The van der Waals surface area contributed by atoms with E-state index in [0.29, 0.717) is 23.4 Å². The molecule has 2 aromatic heterocycles. The lowest BCUT2D eigenvalue weighted by Crippen LogP contribution is -2.27. The summed E-state index contributed by atoms with van der Waals surface area (Å²) >= 11 is 0. The van der Waals surface area contributed by atoms with Gasteiger partial charge in [-0.25, -0.2) is 23.7 Å². The largest absolute Gasteiger partial charge is 0.328 e. The molecule has 8 heteroatoms. The number of aromatic nitrogens is 4. The zero-order valence-electron chi connectivity index (χ0n) is 17.5. The topological polar surface area (TPSA) is 81.6 Å². The molecule has 0 atom stereocenters. The first-order valence-electron chi connectivity index (χ1n) is 11.3. The Hall–Kier alpha value is -2.61. The van der Waals surface area contributed by atoms with Crippen molar-refractivity contribution in [2.24, 2.45) is 11.7 Å². The number of hydrogen-bond donors (Lipinski definition) is 2. The molecule has 0 bridgehead atoms. The molecule has 0 spiro atoms. The lowest BCUT2D eigenvalue weighted by molar-refractivity contribution is 0.321. The Balaban J connectivity index is 1.49. The summed E-state index contributed by atoms with van der Waals surface area (Å²) in [5, 5.41) is 3.07. The van der Waals surface area contributed by atoms with Crippen molar-refractivity contribution < 1.29 is 8.78 Å². The maximum atomic E-state index is 14.3. The van der Waals surface area contributed by atoms with Gasteiger partial charge in [0.1, 0.15) is 23.0 Å². The van der Waals surface area contributed by atoms with E-state index in [4.69, 9.17) is 10.7 Å². The molecule has 0 unspecified atom stereocenters. The number of imidazole rings is 1. The molecule has 3 aromatic rings. The molecule has 31 heavy (non-hydrogen) atoms. The van der Waals surface area contributed by atoms with Gasteiger partial charge in [0.15, 0.2) is 5.65 Å². The third kappa shape index (κ3) is 4.26. The summed E-state index contributed by atoms with van der Waals surface area (Å²) in [6.07, 6.45) is 11.3. The van der Waals surface area contributed by atoms with Crippen LogP contribution in [0.25, 0.3) is 11.2 Å². The zero-order valence-corrected chi connectivity index (χ0v) is 17.5. The minimum atomic E-state index is -0.646. The van der Waals surface area contributed by atoms with E-state index in [1.807, 2.05) is 0 Å². The van der Waals surface area contributed by atoms with Crippen molar-refractivity contribution >= 4 is 22.8 Å². The smallest absolute Gasteiger partial charge is 0.210 e. The summed E-state index contributed by atoms with van der Waals surface area (Å²) in [6.45, 7) is 0. The molecule has 2 aliphatic rings. The third-order valence-corrected chi connectivity index (χ3v) is 6.71. The fraction of sp³-hybridized carbons (Fsp3) is 0.522. The number of nitrogens with two attached hydrogens (primary N) is 1. The van der Waals surface area contributed by atoms with Crippen molar-refractivity contribution in [1.82, 2.24) is 19.5 Å². The van der Waals surface area contributed by atoms with Crippen LogP contribution in [0, 0.1) is 17.6 Å². The molecule has 2 heterocycles. The van der Waals surface area contributed by atoms with Crippen molar-refractivity contribution in [1.29, 1.82) is 0 Å². The predicted molar refractivity (Wildman–Crippen MR) is 116 cm³/mol. The van der Waals surface area contributed by atoms with Crippen LogP contribution in [-0.2, 0) is 6.42 Å². The van der Waals surface area contributed by atoms with Crippen molar-refractivity contribution in [3.8, 4) is 0 Å². The highest BCUT2D eigenvalue weighted by molar-refractivity contribution is 5.75. The first-order chi connectivity index (χ1) is 15.1. The number of fused-ring (bicyclic) bond motifs is 1. The van der Waals surface area contributed by atoms with Crippen LogP contribution in [0.4, 0.5) is 20.4 Å². The second-order valence-electron chi connectivity index (χ2n) is 8.97. The minimum absolute atomic E-state index is 0.197. The number of nitrogens with one attached hydrogen (secondary N) is 1. The molecule has 2 saturated carbocycles. The van der Waals surface area contributed by atoms with E-state index in [1.165, 1.54) is 12.1 Å². The molecule has 6 nitrogen and oxygen atoms in total. The van der Waals surface area contributed by atoms with Crippen LogP contribution in [-0.4, -0.2) is 25.6 Å². The van der Waals surface area contributed by atoms with Gasteiger partial charge in [-0.15, -0.1) is 0 Å². The summed E-state index contributed by atoms with van der Waals surface area (Å²) in [5.41, 5.74) is 7.71. The number of halogens is 2. The van der Waals surface area contributed by atoms with Gasteiger partial charge in [0.05, 0.1) is 11.9 Å². The molecule has 3 N–H and O–H groups in total. The van der Waals surface area contributed by atoms with Crippen LogP contribution in [0.2, 0.25) is 0 Å². The maximum Gasteiger partial charge on any atom is 0.210 e. The van der Waals surface area contributed by atoms with Gasteiger partial charge in [-0.1, -0.05) is 12.8 Å². The molecule has 0 aliphatic heterocycles. The SMILES string of the molecule is NC1CCC(Cc2ncc3nc(Nc4ccc(F)cc4F)n(C4CCCC4)c3n2)CC1. The van der Waals surface area contributed by atoms with E-state index in [2.05, 4.69) is 19.9 Å².